The van der Waals surface area contributed by atoms with Gasteiger partial charge in [-0.3, -0.25) is 19.5 Å². The number of pyridine rings is 1. The van der Waals surface area contributed by atoms with Crippen LogP contribution in [0.3, 0.4) is 0 Å². The first-order valence-electron chi connectivity index (χ1n) is 11.3. The van der Waals surface area contributed by atoms with Crippen LogP contribution in [0.2, 0.25) is 0 Å². The van der Waals surface area contributed by atoms with E-state index in [0.717, 1.165) is 11.8 Å². The molecule has 5 aliphatic rings. The number of hydrogen-bond acceptors (Lipinski definition) is 5. The number of aromatic nitrogens is 1. The quantitative estimate of drug-likeness (QED) is 0.268. The molecule has 1 aromatic heterocycles. The second-order valence-electron chi connectivity index (χ2n) is 9.43. The summed E-state index contributed by atoms with van der Waals surface area (Å²) < 4.78 is 5.59. The number of carbonyl (C=O) groups is 3. The van der Waals surface area contributed by atoms with Crippen molar-refractivity contribution in [2.45, 2.75) is 6.42 Å². The molecule has 0 N–H and O–H groups in total. The van der Waals surface area contributed by atoms with E-state index < -0.39 is 5.97 Å². The van der Waals surface area contributed by atoms with E-state index in [1.807, 2.05) is 24.3 Å². The van der Waals surface area contributed by atoms with Gasteiger partial charge in [-0.15, -0.1) is 0 Å². The van der Waals surface area contributed by atoms with Crippen LogP contribution >= 0.6 is 0 Å². The van der Waals surface area contributed by atoms with Gasteiger partial charge in [0.15, 0.2) is 5.75 Å². The van der Waals surface area contributed by atoms with E-state index in [1.54, 1.807) is 36.5 Å². The fraction of sp³-hybridized carbons (Fsp3) is 0.259. The summed E-state index contributed by atoms with van der Waals surface area (Å²) in [7, 11) is 0. The van der Waals surface area contributed by atoms with Gasteiger partial charge in [0.2, 0.25) is 11.8 Å². The van der Waals surface area contributed by atoms with Gasteiger partial charge in [0, 0.05) is 11.6 Å². The van der Waals surface area contributed by atoms with E-state index in [1.165, 1.54) is 4.90 Å². The predicted octanol–water partition coefficient (Wildman–Crippen LogP) is 4.01. The lowest BCUT2D eigenvalue weighted by Crippen LogP contribution is -2.40. The number of para-hydroxylation sites is 1. The molecule has 6 atom stereocenters. The lowest BCUT2D eigenvalue weighted by atomic mass is 9.63. The maximum absolute atomic E-state index is 13.3. The van der Waals surface area contributed by atoms with Gasteiger partial charge < -0.3 is 4.74 Å². The molecule has 1 aliphatic heterocycles. The zero-order valence-electron chi connectivity index (χ0n) is 17.6. The number of fused-ring (bicyclic) bond motifs is 1. The summed E-state index contributed by atoms with van der Waals surface area (Å²) >= 11 is 0. The standard InChI is InChI=1S/C27H20N2O4/c30-25-22-17-10-11-18(20-13-19(17)20)23(22)26(31)29(25)16-8-6-15(7-9-16)27(32)33-21-5-1-3-14-4-2-12-28-24(14)21/h1-12,17-20,22-23H,13H2. The van der Waals surface area contributed by atoms with Gasteiger partial charge in [0.25, 0.3) is 0 Å². The highest BCUT2D eigenvalue weighted by Crippen LogP contribution is 2.65. The summed E-state index contributed by atoms with van der Waals surface area (Å²) in [4.78, 5) is 44.9. The van der Waals surface area contributed by atoms with Gasteiger partial charge in [0.05, 0.1) is 23.1 Å². The highest BCUT2D eigenvalue weighted by atomic mass is 16.5. The fourth-order valence-corrected chi connectivity index (χ4v) is 6.28. The van der Waals surface area contributed by atoms with E-state index in [0.29, 0.717) is 34.4 Å². The lowest BCUT2D eigenvalue weighted by Gasteiger charge is -2.37. The Labute approximate surface area is 189 Å². The first kappa shape index (κ1) is 18.7. The van der Waals surface area contributed by atoms with Crippen molar-refractivity contribution in [3.8, 4) is 5.75 Å². The first-order valence-corrected chi connectivity index (χ1v) is 11.3. The molecule has 0 radical (unpaired) electrons. The number of rotatable bonds is 3. The third-order valence-corrected chi connectivity index (χ3v) is 7.82. The zero-order chi connectivity index (χ0) is 22.3. The Morgan fingerprint density at radius 2 is 1.55 bits per heavy atom. The number of amides is 2. The lowest BCUT2D eigenvalue weighted by molar-refractivity contribution is -0.124. The number of ether oxygens (including phenoxy) is 1. The van der Waals surface area contributed by atoms with E-state index >= 15 is 0 Å². The molecule has 2 saturated carbocycles. The summed E-state index contributed by atoms with van der Waals surface area (Å²) in [5.74, 6) is 0.702. The van der Waals surface area contributed by atoms with Crippen LogP contribution < -0.4 is 9.64 Å². The number of hydrogen-bond donors (Lipinski definition) is 0. The van der Waals surface area contributed by atoms with Crippen molar-refractivity contribution in [3.05, 3.63) is 78.5 Å². The van der Waals surface area contributed by atoms with Crippen molar-refractivity contribution in [2.75, 3.05) is 4.90 Å². The minimum Gasteiger partial charge on any atom is -0.421 e. The predicted molar refractivity (Wildman–Crippen MR) is 120 cm³/mol. The molecule has 1 saturated heterocycles. The molecule has 162 valence electrons. The Morgan fingerprint density at radius 1 is 0.879 bits per heavy atom. The van der Waals surface area contributed by atoms with Crippen LogP contribution in [0.15, 0.2) is 72.9 Å². The maximum Gasteiger partial charge on any atom is 0.343 e. The molecule has 6 unspecified atom stereocenters. The van der Waals surface area contributed by atoms with Crippen molar-refractivity contribution < 1.29 is 19.1 Å². The largest absolute Gasteiger partial charge is 0.421 e. The molecule has 3 fully saturated rings. The summed E-state index contributed by atoms with van der Waals surface area (Å²) in [6.07, 6.45) is 7.12. The van der Waals surface area contributed by atoms with Gasteiger partial charge in [0.1, 0.15) is 5.52 Å². The van der Waals surface area contributed by atoms with Crippen LogP contribution in [0.4, 0.5) is 5.69 Å². The number of esters is 1. The highest BCUT2D eigenvalue weighted by Gasteiger charge is 2.67. The molecule has 6 heteroatoms. The molecule has 6 nitrogen and oxygen atoms in total. The molecule has 2 aromatic carbocycles. The Balaban J connectivity index is 1.14. The third-order valence-electron chi connectivity index (χ3n) is 7.82. The summed E-state index contributed by atoms with van der Waals surface area (Å²) in [6, 6.07) is 15.7. The summed E-state index contributed by atoms with van der Waals surface area (Å²) in [6.45, 7) is 0. The number of benzene rings is 2. The van der Waals surface area contributed by atoms with Crippen LogP contribution in [0, 0.1) is 35.5 Å². The molecule has 2 heterocycles. The fourth-order valence-electron chi connectivity index (χ4n) is 6.28. The Bertz CT molecular complexity index is 1340. The van der Waals surface area contributed by atoms with Crippen LogP contribution in [0.1, 0.15) is 16.8 Å². The van der Waals surface area contributed by atoms with E-state index in [2.05, 4.69) is 17.1 Å². The molecule has 3 aromatic rings. The monoisotopic (exact) mass is 436 g/mol. The third kappa shape index (κ3) is 2.61. The van der Waals surface area contributed by atoms with Crippen molar-refractivity contribution in [2.24, 2.45) is 35.5 Å². The van der Waals surface area contributed by atoms with Crippen molar-refractivity contribution in [3.63, 3.8) is 0 Å². The van der Waals surface area contributed by atoms with E-state index in [-0.39, 0.29) is 35.5 Å². The maximum atomic E-state index is 13.3. The number of anilines is 1. The van der Waals surface area contributed by atoms with Gasteiger partial charge >= 0.3 is 5.97 Å². The minimum absolute atomic E-state index is 0.105. The molecule has 0 spiro atoms. The van der Waals surface area contributed by atoms with Gasteiger partial charge in [-0.25, -0.2) is 4.79 Å². The van der Waals surface area contributed by atoms with Crippen LogP contribution in [0.25, 0.3) is 10.9 Å². The van der Waals surface area contributed by atoms with Gasteiger partial charge in [-0.05, 0) is 66.5 Å². The van der Waals surface area contributed by atoms with Crippen molar-refractivity contribution >= 4 is 34.4 Å². The number of imide groups is 1. The average molecular weight is 436 g/mol. The second-order valence-corrected chi connectivity index (χ2v) is 9.43. The zero-order valence-corrected chi connectivity index (χ0v) is 17.6. The van der Waals surface area contributed by atoms with Gasteiger partial charge in [-0.2, -0.15) is 0 Å². The molecular formula is C27H20N2O4. The Morgan fingerprint density at radius 3 is 2.24 bits per heavy atom. The average Bonchev–Trinajstić information content (AvgIpc) is 3.63. The van der Waals surface area contributed by atoms with Gasteiger partial charge in [-0.1, -0.05) is 30.4 Å². The molecule has 2 amide bonds. The highest BCUT2D eigenvalue weighted by molar-refractivity contribution is 6.22. The molecule has 8 rings (SSSR count). The van der Waals surface area contributed by atoms with E-state index in [4.69, 9.17) is 4.74 Å². The number of nitrogens with zero attached hydrogens (tertiary/aromatic N) is 2. The number of allylic oxidation sites excluding steroid dienone is 2. The Hall–Kier alpha value is -3.80. The molecule has 2 bridgehead atoms. The second kappa shape index (κ2) is 6.61. The van der Waals surface area contributed by atoms with Crippen LogP contribution in [0.5, 0.6) is 5.75 Å². The topological polar surface area (TPSA) is 76.6 Å². The minimum atomic E-state index is -0.519. The Kier molecular flexibility index (Phi) is 3.75. The molecular weight excluding hydrogens is 416 g/mol. The van der Waals surface area contributed by atoms with Crippen molar-refractivity contribution in [1.29, 1.82) is 0 Å². The van der Waals surface area contributed by atoms with Crippen LogP contribution in [-0.2, 0) is 9.59 Å². The van der Waals surface area contributed by atoms with Crippen molar-refractivity contribution in [1.82, 2.24) is 4.98 Å². The van der Waals surface area contributed by atoms with Crippen LogP contribution in [-0.4, -0.2) is 22.8 Å². The van der Waals surface area contributed by atoms with E-state index in [9.17, 15) is 14.4 Å². The summed E-state index contributed by atoms with van der Waals surface area (Å²) in [5.41, 5.74) is 1.46. The normalized spacial score (nSPS) is 31.0. The SMILES string of the molecule is O=C(Oc1cccc2cccnc12)c1ccc(N2C(=O)C3C4C=CC(C5CC45)C3C2=O)cc1. The molecule has 33 heavy (non-hydrogen) atoms. The smallest absolute Gasteiger partial charge is 0.343 e. The molecule has 4 aliphatic carbocycles. The summed E-state index contributed by atoms with van der Waals surface area (Å²) in [5, 5.41) is 0.881. The first-order chi connectivity index (χ1) is 16.1. The number of carbonyl (C=O) groups excluding carboxylic acids is 3.